The van der Waals surface area contributed by atoms with Crippen LogP contribution in [0.15, 0.2) is 12.1 Å². The highest BCUT2D eigenvalue weighted by atomic mass is 16.5. The van der Waals surface area contributed by atoms with Gasteiger partial charge >= 0.3 is 12.0 Å². The second kappa shape index (κ2) is 9.65. The number of carbonyl (C=O) groups is 3. The number of benzene rings is 1. The Kier molecular flexibility index (Phi) is 7.27. The number of hydrogen-bond acceptors (Lipinski definition) is 7. The lowest BCUT2D eigenvalue weighted by Crippen LogP contribution is -2.44. The number of amides is 3. The van der Waals surface area contributed by atoms with Crippen LogP contribution in [-0.2, 0) is 9.53 Å². The molecule has 0 spiro atoms. The smallest absolute Gasteiger partial charge is 0.338 e. The molecule has 1 fully saturated rings. The van der Waals surface area contributed by atoms with Gasteiger partial charge in [0, 0.05) is 6.04 Å². The lowest BCUT2D eigenvalue weighted by Gasteiger charge is -2.14. The zero-order chi connectivity index (χ0) is 19.8. The van der Waals surface area contributed by atoms with Crippen molar-refractivity contribution in [3.8, 4) is 17.2 Å². The number of rotatable bonds is 7. The van der Waals surface area contributed by atoms with E-state index in [1.807, 2.05) is 0 Å². The Bertz CT molecular complexity index is 674. The molecule has 1 aliphatic carbocycles. The average molecular weight is 380 g/mol. The van der Waals surface area contributed by atoms with Gasteiger partial charge in [-0.05, 0) is 25.0 Å². The molecule has 1 aliphatic rings. The molecule has 9 heteroatoms. The van der Waals surface area contributed by atoms with Crippen molar-refractivity contribution in [3.05, 3.63) is 17.7 Å². The maximum atomic E-state index is 12.2. The summed E-state index contributed by atoms with van der Waals surface area (Å²) in [5.41, 5.74) is 0.118. The highest BCUT2D eigenvalue weighted by Crippen LogP contribution is 2.38. The standard InChI is InChI=1S/C18H24N2O7/c1-24-13-8-11(9-14(25-2)16(13)26-3)17(22)27-10-15(21)20-18(23)19-12-6-4-5-7-12/h8-9,12H,4-7,10H2,1-3H3,(H2,19,20,21,23). The van der Waals surface area contributed by atoms with Gasteiger partial charge in [-0.3, -0.25) is 10.1 Å². The van der Waals surface area contributed by atoms with E-state index in [9.17, 15) is 14.4 Å². The maximum absolute atomic E-state index is 12.2. The fraction of sp³-hybridized carbons (Fsp3) is 0.500. The third-order valence-corrected chi connectivity index (χ3v) is 4.18. The van der Waals surface area contributed by atoms with Crippen LogP contribution in [0.5, 0.6) is 17.2 Å². The zero-order valence-corrected chi connectivity index (χ0v) is 15.6. The fourth-order valence-corrected chi connectivity index (χ4v) is 2.87. The fourth-order valence-electron chi connectivity index (χ4n) is 2.87. The molecule has 0 radical (unpaired) electrons. The monoisotopic (exact) mass is 380 g/mol. The zero-order valence-electron chi connectivity index (χ0n) is 15.6. The summed E-state index contributed by atoms with van der Waals surface area (Å²) in [5, 5.41) is 4.85. The van der Waals surface area contributed by atoms with Crippen LogP contribution in [-0.4, -0.2) is 51.9 Å². The molecule has 0 unspecified atom stereocenters. The van der Waals surface area contributed by atoms with E-state index in [0.29, 0.717) is 5.75 Å². The number of carbonyl (C=O) groups excluding carboxylic acids is 3. The Morgan fingerprint density at radius 1 is 1.00 bits per heavy atom. The Labute approximate surface area is 157 Å². The minimum absolute atomic E-state index is 0.0829. The first kappa shape index (κ1) is 20.3. The van der Waals surface area contributed by atoms with Crippen LogP contribution in [0.25, 0.3) is 0 Å². The summed E-state index contributed by atoms with van der Waals surface area (Å²) >= 11 is 0. The number of ether oxygens (including phenoxy) is 4. The van der Waals surface area contributed by atoms with Crippen LogP contribution in [0.2, 0.25) is 0 Å². The number of urea groups is 1. The van der Waals surface area contributed by atoms with E-state index in [0.717, 1.165) is 25.7 Å². The minimum atomic E-state index is -0.763. The molecule has 2 N–H and O–H groups in total. The molecule has 2 rings (SSSR count). The third kappa shape index (κ3) is 5.50. The second-order valence-electron chi connectivity index (χ2n) is 5.99. The summed E-state index contributed by atoms with van der Waals surface area (Å²) in [7, 11) is 4.28. The summed E-state index contributed by atoms with van der Waals surface area (Å²) in [6.07, 6.45) is 3.92. The SMILES string of the molecule is COc1cc(C(=O)OCC(=O)NC(=O)NC2CCCC2)cc(OC)c1OC. The maximum Gasteiger partial charge on any atom is 0.338 e. The van der Waals surface area contributed by atoms with Crippen molar-refractivity contribution in [3.63, 3.8) is 0 Å². The molecular formula is C18H24N2O7. The predicted octanol–water partition coefficient (Wildman–Crippen LogP) is 1.64. The highest BCUT2D eigenvalue weighted by Gasteiger charge is 2.20. The van der Waals surface area contributed by atoms with Crippen molar-refractivity contribution in [2.45, 2.75) is 31.7 Å². The molecule has 1 aromatic rings. The van der Waals surface area contributed by atoms with E-state index in [2.05, 4.69) is 10.6 Å². The molecule has 0 bridgehead atoms. The third-order valence-electron chi connectivity index (χ3n) is 4.18. The van der Waals surface area contributed by atoms with Crippen molar-refractivity contribution in [2.75, 3.05) is 27.9 Å². The van der Waals surface area contributed by atoms with Gasteiger partial charge in [0.25, 0.3) is 5.91 Å². The highest BCUT2D eigenvalue weighted by molar-refractivity contribution is 5.97. The molecule has 148 valence electrons. The first-order chi connectivity index (χ1) is 13.0. The van der Waals surface area contributed by atoms with Gasteiger partial charge in [0.05, 0.1) is 26.9 Å². The van der Waals surface area contributed by atoms with Gasteiger partial charge in [-0.15, -0.1) is 0 Å². The molecule has 0 heterocycles. The van der Waals surface area contributed by atoms with Gasteiger partial charge in [-0.2, -0.15) is 0 Å². The van der Waals surface area contributed by atoms with Crippen LogP contribution in [0.3, 0.4) is 0 Å². The quantitative estimate of drug-likeness (QED) is 0.692. The molecule has 9 nitrogen and oxygen atoms in total. The normalized spacial score (nSPS) is 13.6. The molecule has 0 saturated heterocycles. The molecule has 0 atom stereocenters. The second-order valence-corrected chi connectivity index (χ2v) is 5.99. The average Bonchev–Trinajstić information content (AvgIpc) is 3.17. The van der Waals surface area contributed by atoms with Crippen molar-refractivity contribution in [1.29, 1.82) is 0 Å². The Hall–Kier alpha value is -2.97. The summed E-state index contributed by atoms with van der Waals surface area (Å²) < 4.78 is 20.5. The van der Waals surface area contributed by atoms with Crippen molar-refractivity contribution in [1.82, 2.24) is 10.6 Å². The lowest BCUT2D eigenvalue weighted by atomic mass is 10.2. The van der Waals surface area contributed by atoms with E-state index >= 15 is 0 Å². The summed E-state index contributed by atoms with van der Waals surface area (Å²) in [4.78, 5) is 35.7. The van der Waals surface area contributed by atoms with Crippen molar-refractivity contribution in [2.24, 2.45) is 0 Å². The molecular weight excluding hydrogens is 356 g/mol. The molecule has 3 amide bonds. The van der Waals surface area contributed by atoms with Crippen LogP contribution in [0, 0.1) is 0 Å². The largest absolute Gasteiger partial charge is 0.493 e. The van der Waals surface area contributed by atoms with Gasteiger partial charge in [-0.1, -0.05) is 12.8 Å². The van der Waals surface area contributed by atoms with Gasteiger partial charge in [0.1, 0.15) is 0 Å². The summed E-state index contributed by atoms with van der Waals surface area (Å²) in [5.74, 6) is -0.585. The van der Waals surface area contributed by atoms with E-state index in [1.54, 1.807) is 0 Å². The molecule has 27 heavy (non-hydrogen) atoms. The van der Waals surface area contributed by atoms with E-state index in [4.69, 9.17) is 18.9 Å². The number of nitrogens with one attached hydrogen (secondary N) is 2. The van der Waals surface area contributed by atoms with Crippen LogP contribution < -0.4 is 24.8 Å². The lowest BCUT2D eigenvalue weighted by molar-refractivity contribution is -0.123. The van der Waals surface area contributed by atoms with Gasteiger partial charge in [-0.25, -0.2) is 9.59 Å². The number of imide groups is 1. The van der Waals surface area contributed by atoms with Crippen LogP contribution in [0.1, 0.15) is 36.0 Å². The van der Waals surface area contributed by atoms with Gasteiger partial charge < -0.3 is 24.3 Å². The Morgan fingerprint density at radius 2 is 1.59 bits per heavy atom. The number of hydrogen-bond donors (Lipinski definition) is 2. The van der Waals surface area contributed by atoms with Gasteiger partial charge in [0.2, 0.25) is 5.75 Å². The van der Waals surface area contributed by atoms with Crippen molar-refractivity contribution >= 4 is 17.9 Å². The van der Waals surface area contributed by atoms with Crippen LogP contribution in [0.4, 0.5) is 4.79 Å². The minimum Gasteiger partial charge on any atom is -0.493 e. The van der Waals surface area contributed by atoms with E-state index in [-0.39, 0.29) is 23.1 Å². The van der Waals surface area contributed by atoms with Crippen LogP contribution >= 0.6 is 0 Å². The Balaban J connectivity index is 1.90. The summed E-state index contributed by atoms with van der Waals surface area (Å²) in [6, 6.07) is 2.32. The topological polar surface area (TPSA) is 112 Å². The van der Waals surface area contributed by atoms with Crippen molar-refractivity contribution < 1.29 is 33.3 Å². The molecule has 0 aliphatic heterocycles. The molecule has 0 aromatic heterocycles. The Morgan fingerprint density at radius 3 is 2.11 bits per heavy atom. The predicted molar refractivity (Wildman–Crippen MR) is 95.3 cm³/mol. The number of esters is 1. The summed E-state index contributed by atoms with van der Waals surface area (Å²) in [6.45, 7) is -0.590. The first-order valence-electron chi connectivity index (χ1n) is 8.56. The first-order valence-corrected chi connectivity index (χ1v) is 8.56. The van der Waals surface area contributed by atoms with E-state index < -0.39 is 24.5 Å². The molecule has 1 aromatic carbocycles. The number of methoxy groups -OCH3 is 3. The van der Waals surface area contributed by atoms with Gasteiger partial charge in [0.15, 0.2) is 18.1 Å². The molecule has 1 saturated carbocycles. The van der Waals surface area contributed by atoms with E-state index in [1.165, 1.54) is 33.5 Å².